The first kappa shape index (κ1) is 20.3. The van der Waals surface area contributed by atoms with Gasteiger partial charge in [0.2, 0.25) is 0 Å². The van der Waals surface area contributed by atoms with Gasteiger partial charge in [0.25, 0.3) is 0 Å². The quantitative estimate of drug-likeness (QED) is 0.240. The van der Waals surface area contributed by atoms with Crippen molar-refractivity contribution in [1.29, 1.82) is 0 Å². The van der Waals surface area contributed by atoms with Crippen LogP contribution in [0.15, 0.2) is 48.5 Å². The molecule has 0 saturated carbocycles. The molecule has 0 bridgehead atoms. The van der Waals surface area contributed by atoms with Crippen molar-refractivity contribution < 1.29 is 28.4 Å². The predicted molar refractivity (Wildman–Crippen MR) is 113 cm³/mol. The number of ether oxygens (including phenoxy) is 6. The van der Waals surface area contributed by atoms with Gasteiger partial charge in [0.05, 0.1) is 26.4 Å². The van der Waals surface area contributed by atoms with E-state index >= 15 is 0 Å². The SMILES string of the molecule is c1cc(-c2nnc(-c3ccc(OCOCC4CO4)cc3)s2)ccc1OCOCC1CO1. The fraction of sp³-hybridized carbons (Fsp3) is 0.364. The van der Waals surface area contributed by atoms with E-state index in [0.717, 1.165) is 45.9 Å². The Labute approximate surface area is 183 Å². The highest BCUT2D eigenvalue weighted by atomic mass is 32.1. The molecule has 3 heterocycles. The summed E-state index contributed by atoms with van der Waals surface area (Å²) in [5.74, 6) is 1.49. The van der Waals surface area contributed by atoms with E-state index in [4.69, 9.17) is 28.4 Å². The van der Waals surface area contributed by atoms with Gasteiger partial charge in [-0.3, -0.25) is 0 Å². The number of aromatic nitrogens is 2. The van der Waals surface area contributed by atoms with E-state index in [1.165, 1.54) is 11.3 Å². The van der Waals surface area contributed by atoms with Crippen molar-refractivity contribution in [1.82, 2.24) is 10.2 Å². The molecule has 2 aliphatic heterocycles. The van der Waals surface area contributed by atoms with Gasteiger partial charge < -0.3 is 28.4 Å². The van der Waals surface area contributed by atoms with Crippen LogP contribution in [0, 0.1) is 0 Å². The molecule has 1 aromatic heterocycles. The number of hydrogen-bond donors (Lipinski definition) is 0. The summed E-state index contributed by atoms with van der Waals surface area (Å²) in [5, 5.41) is 10.3. The molecule has 2 saturated heterocycles. The molecule has 2 unspecified atom stereocenters. The molecule has 162 valence electrons. The molecule has 2 fully saturated rings. The summed E-state index contributed by atoms with van der Waals surface area (Å²) >= 11 is 1.53. The largest absolute Gasteiger partial charge is 0.468 e. The highest BCUT2D eigenvalue weighted by Crippen LogP contribution is 2.31. The number of hydrogen-bond acceptors (Lipinski definition) is 9. The first-order chi connectivity index (χ1) is 15.3. The van der Waals surface area contributed by atoms with Crippen LogP contribution in [-0.2, 0) is 18.9 Å². The van der Waals surface area contributed by atoms with Gasteiger partial charge in [-0.25, -0.2) is 0 Å². The molecule has 0 N–H and O–H groups in total. The van der Waals surface area contributed by atoms with Crippen LogP contribution in [-0.4, -0.2) is 62.4 Å². The molecule has 3 aromatic rings. The summed E-state index contributed by atoms with van der Waals surface area (Å²) in [5.41, 5.74) is 1.97. The minimum atomic E-state index is 0.211. The monoisotopic (exact) mass is 442 g/mol. The molecule has 5 rings (SSSR count). The van der Waals surface area contributed by atoms with E-state index in [1.54, 1.807) is 0 Å². The summed E-state index contributed by atoms with van der Waals surface area (Å²) in [6.07, 6.45) is 0.477. The lowest BCUT2D eigenvalue weighted by atomic mass is 10.2. The smallest absolute Gasteiger partial charge is 0.189 e. The maximum atomic E-state index is 5.57. The maximum Gasteiger partial charge on any atom is 0.189 e. The first-order valence-electron chi connectivity index (χ1n) is 10.0. The second-order valence-corrected chi connectivity index (χ2v) is 8.12. The Hall–Kier alpha value is -2.56. The van der Waals surface area contributed by atoms with Gasteiger partial charge in [0, 0.05) is 11.1 Å². The topological polar surface area (TPSA) is 87.8 Å². The molecule has 0 amide bonds. The average Bonchev–Trinajstić information content (AvgIpc) is 3.75. The highest BCUT2D eigenvalue weighted by Gasteiger charge is 2.22. The fourth-order valence-corrected chi connectivity index (χ4v) is 3.61. The van der Waals surface area contributed by atoms with E-state index in [9.17, 15) is 0 Å². The summed E-state index contributed by atoms with van der Waals surface area (Å²) in [6, 6.07) is 15.5. The van der Waals surface area contributed by atoms with Gasteiger partial charge in [0.15, 0.2) is 13.6 Å². The van der Waals surface area contributed by atoms with E-state index in [1.807, 2.05) is 48.5 Å². The van der Waals surface area contributed by atoms with Crippen LogP contribution in [0.1, 0.15) is 0 Å². The third-order valence-corrected chi connectivity index (χ3v) is 5.68. The van der Waals surface area contributed by atoms with Crippen LogP contribution in [0.4, 0.5) is 0 Å². The number of benzene rings is 2. The van der Waals surface area contributed by atoms with Crippen molar-refractivity contribution >= 4 is 11.3 Å². The van der Waals surface area contributed by atoms with Gasteiger partial charge in [-0.05, 0) is 48.5 Å². The second-order valence-electron chi connectivity index (χ2n) is 7.14. The molecule has 8 nitrogen and oxygen atoms in total. The summed E-state index contributed by atoms with van der Waals surface area (Å²) in [6.45, 7) is 3.13. The molecular formula is C22H22N2O6S. The van der Waals surface area contributed by atoms with Gasteiger partial charge in [-0.2, -0.15) is 0 Å². The van der Waals surface area contributed by atoms with Crippen LogP contribution in [0.2, 0.25) is 0 Å². The summed E-state index contributed by atoms with van der Waals surface area (Å²) in [4.78, 5) is 0. The van der Waals surface area contributed by atoms with Crippen molar-refractivity contribution in [2.24, 2.45) is 0 Å². The van der Waals surface area contributed by atoms with Gasteiger partial charge in [-0.15, -0.1) is 10.2 Å². The molecule has 2 atom stereocenters. The van der Waals surface area contributed by atoms with Crippen LogP contribution in [0.25, 0.3) is 21.1 Å². The third kappa shape index (κ3) is 5.99. The van der Waals surface area contributed by atoms with Crippen LogP contribution >= 0.6 is 11.3 Å². The maximum absolute atomic E-state index is 5.57. The lowest BCUT2D eigenvalue weighted by Gasteiger charge is -2.06. The van der Waals surface area contributed by atoms with E-state index in [-0.39, 0.29) is 25.8 Å². The fourth-order valence-electron chi connectivity index (χ4n) is 2.75. The van der Waals surface area contributed by atoms with E-state index in [0.29, 0.717) is 13.2 Å². The average molecular weight is 442 g/mol. The Morgan fingerprint density at radius 3 is 1.52 bits per heavy atom. The highest BCUT2D eigenvalue weighted by molar-refractivity contribution is 7.17. The van der Waals surface area contributed by atoms with Crippen molar-refractivity contribution in [3.8, 4) is 32.6 Å². The zero-order valence-electron chi connectivity index (χ0n) is 16.8. The van der Waals surface area contributed by atoms with Gasteiger partial charge in [-0.1, -0.05) is 11.3 Å². The molecule has 9 heteroatoms. The Bertz CT molecular complexity index is 892. The van der Waals surface area contributed by atoms with Crippen molar-refractivity contribution in [2.45, 2.75) is 12.2 Å². The number of rotatable bonds is 12. The molecule has 2 aliphatic rings. The Morgan fingerprint density at radius 1 is 0.710 bits per heavy atom. The minimum Gasteiger partial charge on any atom is -0.468 e. The lowest BCUT2D eigenvalue weighted by molar-refractivity contribution is 0.00810. The lowest BCUT2D eigenvalue weighted by Crippen LogP contribution is -2.07. The van der Waals surface area contributed by atoms with Crippen molar-refractivity contribution in [3.63, 3.8) is 0 Å². The van der Waals surface area contributed by atoms with Gasteiger partial charge >= 0.3 is 0 Å². The molecule has 31 heavy (non-hydrogen) atoms. The molecule has 0 spiro atoms. The van der Waals surface area contributed by atoms with E-state index < -0.39 is 0 Å². The standard InChI is InChI=1S/C22H22N2O6S/c1-5-17(29-13-25-9-19-11-27-19)6-2-15(1)21-23-24-22(31-21)16-3-7-18(8-4-16)30-14-26-10-20-12-28-20/h1-8,19-20H,9-14H2. The predicted octanol–water partition coefficient (Wildman–Crippen LogP) is 3.38. The minimum absolute atomic E-state index is 0.211. The summed E-state index contributed by atoms with van der Waals surface area (Å²) < 4.78 is 32.1. The van der Waals surface area contributed by atoms with Gasteiger partial charge in [0.1, 0.15) is 33.7 Å². The molecular weight excluding hydrogens is 420 g/mol. The first-order valence-corrected chi connectivity index (χ1v) is 10.8. The zero-order chi connectivity index (χ0) is 20.9. The Morgan fingerprint density at radius 2 is 1.13 bits per heavy atom. The Kier molecular flexibility index (Phi) is 6.38. The van der Waals surface area contributed by atoms with Crippen LogP contribution in [0.3, 0.4) is 0 Å². The molecule has 2 aromatic carbocycles. The normalized spacial score (nSPS) is 19.2. The van der Waals surface area contributed by atoms with Crippen LogP contribution in [0.5, 0.6) is 11.5 Å². The molecule has 0 aliphatic carbocycles. The summed E-state index contributed by atoms with van der Waals surface area (Å²) in [7, 11) is 0. The van der Waals surface area contributed by atoms with E-state index in [2.05, 4.69) is 10.2 Å². The van der Waals surface area contributed by atoms with Crippen LogP contribution < -0.4 is 9.47 Å². The van der Waals surface area contributed by atoms with Crippen molar-refractivity contribution in [2.75, 3.05) is 40.0 Å². The van der Waals surface area contributed by atoms with Crippen molar-refractivity contribution in [3.05, 3.63) is 48.5 Å². The number of epoxide rings is 2. The molecule has 0 radical (unpaired) electrons. The second kappa shape index (κ2) is 9.71. The number of nitrogens with zero attached hydrogens (tertiary/aromatic N) is 2. The third-order valence-electron chi connectivity index (χ3n) is 4.66. The Balaban J connectivity index is 1.12. The zero-order valence-corrected chi connectivity index (χ0v) is 17.6.